The van der Waals surface area contributed by atoms with Gasteiger partial charge in [0.25, 0.3) is 5.91 Å². The average molecular weight is 496 g/mol. The monoisotopic (exact) mass is 494 g/mol. The Morgan fingerprint density at radius 3 is 2.55 bits per heavy atom. The Hall–Kier alpha value is -3.07. The van der Waals surface area contributed by atoms with Crippen LogP contribution < -0.4 is 10.1 Å². The van der Waals surface area contributed by atoms with Crippen molar-refractivity contribution in [1.29, 1.82) is 5.26 Å². The third kappa shape index (κ3) is 6.21. The van der Waals surface area contributed by atoms with Crippen LogP contribution in [0.25, 0.3) is 6.08 Å². The molecule has 0 unspecified atom stereocenters. The zero-order valence-electron chi connectivity index (χ0n) is 16.8. The molecular weight excluding hydrogens is 476 g/mol. The van der Waals surface area contributed by atoms with E-state index in [1.165, 1.54) is 0 Å². The van der Waals surface area contributed by atoms with Crippen molar-refractivity contribution in [3.63, 3.8) is 0 Å². The Morgan fingerprint density at radius 2 is 1.87 bits per heavy atom. The summed E-state index contributed by atoms with van der Waals surface area (Å²) in [5.41, 5.74) is 2.59. The van der Waals surface area contributed by atoms with Crippen LogP contribution in [-0.4, -0.2) is 5.91 Å². The van der Waals surface area contributed by atoms with E-state index in [0.29, 0.717) is 27.4 Å². The van der Waals surface area contributed by atoms with Crippen molar-refractivity contribution in [1.82, 2.24) is 5.32 Å². The van der Waals surface area contributed by atoms with Gasteiger partial charge in [0.15, 0.2) is 0 Å². The lowest BCUT2D eigenvalue weighted by atomic mass is 10.1. The molecule has 4 nitrogen and oxygen atoms in total. The fourth-order valence-electron chi connectivity index (χ4n) is 2.91. The van der Waals surface area contributed by atoms with Crippen molar-refractivity contribution in [2.45, 2.75) is 19.6 Å². The van der Waals surface area contributed by atoms with Gasteiger partial charge in [-0.25, -0.2) is 0 Å². The van der Waals surface area contributed by atoms with Crippen LogP contribution in [0, 0.1) is 11.3 Å². The lowest BCUT2D eigenvalue weighted by Crippen LogP contribution is -2.27. The highest BCUT2D eigenvalue weighted by atomic mass is 79.9. The van der Waals surface area contributed by atoms with Crippen LogP contribution in [0.4, 0.5) is 0 Å². The first-order valence-corrected chi connectivity index (χ1v) is 10.8. The Labute approximate surface area is 195 Å². The van der Waals surface area contributed by atoms with Gasteiger partial charge in [0.2, 0.25) is 0 Å². The minimum atomic E-state index is -0.422. The highest BCUT2D eigenvalue weighted by molar-refractivity contribution is 9.10. The van der Waals surface area contributed by atoms with Gasteiger partial charge in [0.05, 0.1) is 10.5 Å². The molecule has 0 radical (unpaired) electrons. The number of nitriles is 1. The number of benzene rings is 3. The molecule has 6 heteroatoms. The van der Waals surface area contributed by atoms with Gasteiger partial charge in [-0.3, -0.25) is 4.79 Å². The smallest absolute Gasteiger partial charge is 0.262 e. The van der Waals surface area contributed by atoms with E-state index < -0.39 is 5.91 Å². The number of hydrogen-bond donors (Lipinski definition) is 1. The topological polar surface area (TPSA) is 62.1 Å². The van der Waals surface area contributed by atoms with Crippen molar-refractivity contribution in [3.05, 3.63) is 105 Å². The second-order valence-corrected chi connectivity index (χ2v) is 8.11. The van der Waals surface area contributed by atoms with E-state index in [0.717, 1.165) is 11.1 Å². The molecule has 0 bridgehead atoms. The van der Waals surface area contributed by atoms with Gasteiger partial charge in [-0.05, 0) is 58.3 Å². The predicted octanol–water partition coefficient (Wildman–Crippen LogP) is 6.47. The van der Waals surface area contributed by atoms with Crippen LogP contribution in [0.1, 0.15) is 29.7 Å². The van der Waals surface area contributed by atoms with E-state index in [4.69, 9.17) is 16.3 Å². The maximum Gasteiger partial charge on any atom is 0.262 e. The Kier molecular flexibility index (Phi) is 7.88. The van der Waals surface area contributed by atoms with Gasteiger partial charge < -0.3 is 10.1 Å². The molecular formula is C25H20BrClN2O2. The summed E-state index contributed by atoms with van der Waals surface area (Å²) in [5.74, 6) is 0.215. The van der Waals surface area contributed by atoms with Crippen molar-refractivity contribution in [2.24, 2.45) is 0 Å². The molecule has 0 saturated carbocycles. The summed E-state index contributed by atoms with van der Waals surface area (Å²) in [4.78, 5) is 12.6. The number of nitrogens with one attached hydrogen (secondary N) is 1. The third-order valence-electron chi connectivity index (χ3n) is 4.62. The number of amides is 1. The summed E-state index contributed by atoms with van der Waals surface area (Å²) in [7, 11) is 0. The quantitative estimate of drug-likeness (QED) is 0.302. The molecule has 0 aliphatic heterocycles. The number of hydrogen-bond acceptors (Lipinski definition) is 3. The highest BCUT2D eigenvalue weighted by Gasteiger charge is 2.14. The number of carbonyl (C=O) groups excluding carboxylic acids is 1. The van der Waals surface area contributed by atoms with E-state index >= 15 is 0 Å². The molecule has 1 amide bonds. The van der Waals surface area contributed by atoms with Crippen molar-refractivity contribution >= 4 is 39.5 Å². The van der Waals surface area contributed by atoms with E-state index in [2.05, 4.69) is 21.2 Å². The molecule has 0 fully saturated rings. The largest absolute Gasteiger partial charge is 0.488 e. The van der Waals surface area contributed by atoms with Crippen LogP contribution in [-0.2, 0) is 11.4 Å². The summed E-state index contributed by atoms with van der Waals surface area (Å²) in [6, 6.07) is 24.2. The van der Waals surface area contributed by atoms with E-state index in [1.54, 1.807) is 24.3 Å². The molecule has 1 atom stereocenters. The lowest BCUT2D eigenvalue weighted by molar-refractivity contribution is -0.117. The molecule has 0 saturated heterocycles. The van der Waals surface area contributed by atoms with Gasteiger partial charge >= 0.3 is 0 Å². The first-order valence-electron chi connectivity index (χ1n) is 9.61. The normalized spacial score (nSPS) is 12.0. The number of rotatable bonds is 7. The summed E-state index contributed by atoms with van der Waals surface area (Å²) in [5, 5.41) is 13.0. The van der Waals surface area contributed by atoms with Gasteiger partial charge in [-0.2, -0.15) is 5.26 Å². The Balaban J connectivity index is 1.69. The van der Waals surface area contributed by atoms with E-state index in [9.17, 15) is 10.1 Å². The first kappa shape index (κ1) is 22.6. The van der Waals surface area contributed by atoms with E-state index in [1.807, 2.05) is 67.6 Å². The van der Waals surface area contributed by atoms with E-state index in [-0.39, 0.29) is 11.6 Å². The second-order valence-electron chi connectivity index (χ2n) is 6.85. The molecule has 1 N–H and O–H groups in total. The molecule has 0 heterocycles. The summed E-state index contributed by atoms with van der Waals surface area (Å²) in [6.45, 7) is 2.21. The zero-order chi connectivity index (χ0) is 22.2. The Bertz CT molecular complexity index is 1140. The third-order valence-corrected chi connectivity index (χ3v) is 5.61. The first-order chi connectivity index (χ1) is 15.0. The fraction of sp³-hybridized carbons (Fsp3) is 0.120. The zero-order valence-corrected chi connectivity index (χ0v) is 19.2. The molecule has 3 rings (SSSR count). The highest BCUT2D eigenvalue weighted by Crippen LogP contribution is 2.28. The molecule has 31 heavy (non-hydrogen) atoms. The summed E-state index contributed by atoms with van der Waals surface area (Å²) >= 11 is 9.65. The van der Waals surface area contributed by atoms with Crippen molar-refractivity contribution in [2.75, 3.05) is 0 Å². The average Bonchev–Trinajstić information content (AvgIpc) is 2.78. The number of carbonyl (C=O) groups is 1. The van der Waals surface area contributed by atoms with Crippen molar-refractivity contribution in [3.8, 4) is 11.8 Å². The summed E-state index contributed by atoms with van der Waals surface area (Å²) in [6.07, 6.45) is 1.55. The van der Waals surface area contributed by atoms with Crippen LogP contribution in [0.2, 0.25) is 5.02 Å². The molecule has 0 aliphatic carbocycles. The van der Waals surface area contributed by atoms with Gasteiger partial charge in [0, 0.05) is 10.6 Å². The molecule has 3 aromatic carbocycles. The van der Waals surface area contributed by atoms with Crippen LogP contribution in [0.5, 0.6) is 5.75 Å². The summed E-state index contributed by atoms with van der Waals surface area (Å²) < 4.78 is 6.55. The van der Waals surface area contributed by atoms with Crippen molar-refractivity contribution < 1.29 is 9.53 Å². The SMILES string of the molecule is C[C@@H](NC(=O)/C(C#N)=C\c1ccc(OCc2ccccc2Cl)c(Br)c1)c1ccccc1. The van der Waals surface area contributed by atoms with Crippen LogP contribution >= 0.6 is 27.5 Å². The second kappa shape index (κ2) is 10.8. The number of nitrogens with zero attached hydrogens (tertiary/aromatic N) is 1. The number of halogens is 2. The van der Waals surface area contributed by atoms with Gasteiger partial charge in [-0.1, -0.05) is 66.2 Å². The van der Waals surface area contributed by atoms with Gasteiger partial charge in [0.1, 0.15) is 24.0 Å². The van der Waals surface area contributed by atoms with Crippen LogP contribution in [0.3, 0.4) is 0 Å². The Morgan fingerprint density at radius 1 is 1.16 bits per heavy atom. The lowest BCUT2D eigenvalue weighted by Gasteiger charge is -2.14. The minimum absolute atomic E-state index is 0.0272. The molecule has 3 aromatic rings. The van der Waals surface area contributed by atoms with Crippen LogP contribution in [0.15, 0.2) is 82.8 Å². The minimum Gasteiger partial charge on any atom is -0.488 e. The maximum absolute atomic E-state index is 12.6. The molecule has 0 spiro atoms. The standard InChI is InChI=1S/C25H20BrClN2O2/c1-17(19-7-3-2-4-8-19)29-25(30)21(15-28)13-18-11-12-24(22(26)14-18)31-16-20-9-5-6-10-23(20)27/h2-14,17H,16H2,1H3,(H,29,30)/b21-13-/t17-/m1/s1. The van der Waals surface area contributed by atoms with Gasteiger partial charge in [-0.15, -0.1) is 0 Å². The maximum atomic E-state index is 12.6. The fourth-order valence-corrected chi connectivity index (χ4v) is 3.61. The molecule has 0 aliphatic rings. The number of ether oxygens (including phenoxy) is 1. The predicted molar refractivity (Wildman–Crippen MR) is 127 cm³/mol. The molecule has 156 valence electrons. The molecule has 0 aromatic heterocycles.